The molecular formula is C7H10F3N. The minimum absolute atomic E-state index is 0.153. The first kappa shape index (κ1) is 7.40. The van der Waals surface area contributed by atoms with Crippen LogP contribution < -0.4 is 5.32 Å². The molecule has 0 aromatic rings. The van der Waals surface area contributed by atoms with Crippen molar-refractivity contribution in [1.29, 1.82) is 0 Å². The van der Waals surface area contributed by atoms with E-state index in [0.29, 0.717) is 12.8 Å². The first-order valence-electron chi connectivity index (χ1n) is 3.88. The second-order valence-corrected chi connectivity index (χ2v) is 3.51. The number of piperidine rings is 1. The molecular weight excluding hydrogens is 155 g/mol. The quantitative estimate of drug-likeness (QED) is 0.576. The van der Waals surface area contributed by atoms with Gasteiger partial charge < -0.3 is 5.32 Å². The van der Waals surface area contributed by atoms with Crippen LogP contribution in [0.1, 0.15) is 19.3 Å². The van der Waals surface area contributed by atoms with Crippen molar-refractivity contribution in [2.75, 3.05) is 0 Å². The van der Waals surface area contributed by atoms with E-state index < -0.39 is 12.1 Å². The van der Waals surface area contributed by atoms with Crippen molar-refractivity contribution in [3.8, 4) is 0 Å². The van der Waals surface area contributed by atoms with E-state index in [0.717, 1.165) is 6.42 Å². The van der Waals surface area contributed by atoms with E-state index in [9.17, 15) is 13.2 Å². The Morgan fingerprint density at radius 2 is 1.45 bits per heavy atom. The van der Waals surface area contributed by atoms with Gasteiger partial charge in [0.1, 0.15) is 0 Å². The predicted molar refractivity (Wildman–Crippen MR) is 34.1 cm³/mol. The summed E-state index contributed by atoms with van der Waals surface area (Å²) in [6, 6.07) is 0.306. The third-order valence-electron chi connectivity index (χ3n) is 2.64. The summed E-state index contributed by atoms with van der Waals surface area (Å²) in [6.07, 6.45) is -2.42. The van der Waals surface area contributed by atoms with E-state index >= 15 is 0 Å². The maximum absolute atomic E-state index is 12.1. The van der Waals surface area contributed by atoms with Crippen LogP contribution in [0.5, 0.6) is 0 Å². The number of halogens is 3. The molecule has 11 heavy (non-hydrogen) atoms. The fraction of sp³-hybridized carbons (Fsp3) is 1.00. The van der Waals surface area contributed by atoms with Gasteiger partial charge in [0.25, 0.3) is 0 Å². The SMILES string of the molecule is FC(F)(F)C1CC2CC(C1)N2. The van der Waals surface area contributed by atoms with Gasteiger partial charge in [-0.25, -0.2) is 0 Å². The monoisotopic (exact) mass is 165 g/mol. The van der Waals surface area contributed by atoms with E-state index in [4.69, 9.17) is 0 Å². The molecule has 3 rings (SSSR count). The van der Waals surface area contributed by atoms with Crippen LogP contribution in [0.3, 0.4) is 0 Å². The largest absolute Gasteiger partial charge is 0.391 e. The second kappa shape index (κ2) is 2.12. The van der Waals surface area contributed by atoms with Crippen LogP contribution in [0.15, 0.2) is 0 Å². The zero-order valence-electron chi connectivity index (χ0n) is 5.99. The Labute approximate surface area is 63.0 Å². The lowest BCUT2D eigenvalue weighted by Gasteiger charge is -2.46. The molecule has 2 unspecified atom stereocenters. The smallest absolute Gasteiger partial charge is 0.311 e. The molecule has 0 spiro atoms. The lowest BCUT2D eigenvalue weighted by atomic mass is 9.75. The van der Waals surface area contributed by atoms with Crippen molar-refractivity contribution in [2.24, 2.45) is 5.92 Å². The molecule has 1 nitrogen and oxygen atoms in total. The van der Waals surface area contributed by atoms with Crippen LogP contribution >= 0.6 is 0 Å². The molecule has 0 radical (unpaired) electrons. The molecule has 2 aliphatic heterocycles. The standard InChI is InChI=1S/C7H10F3N/c8-7(9,10)4-1-5-3-6(2-4)11-5/h4-6,11H,1-3H2. The summed E-state index contributed by atoms with van der Waals surface area (Å²) in [5.41, 5.74) is 0. The first-order chi connectivity index (χ1) is 5.05. The molecule has 1 N–H and O–H groups in total. The number of rotatable bonds is 0. The van der Waals surface area contributed by atoms with Crippen molar-refractivity contribution in [3.05, 3.63) is 0 Å². The van der Waals surface area contributed by atoms with Crippen LogP contribution in [0.25, 0.3) is 0 Å². The summed E-state index contributed by atoms with van der Waals surface area (Å²) in [4.78, 5) is 0. The normalized spacial score (nSPS) is 43.4. The molecule has 0 aromatic heterocycles. The fourth-order valence-corrected chi connectivity index (χ4v) is 2.03. The van der Waals surface area contributed by atoms with E-state index in [1.165, 1.54) is 0 Å². The van der Waals surface area contributed by atoms with Gasteiger partial charge in [0.15, 0.2) is 0 Å². The highest BCUT2D eigenvalue weighted by Crippen LogP contribution is 2.41. The van der Waals surface area contributed by atoms with E-state index in [1.54, 1.807) is 0 Å². The molecule has 0 amide bonds. The Kier molecular flexibility index (Phi) is 1.43. The summed E-state index contributed by atoms with van der Waals surface area (Å²) in [7, 11) is 0. The molecule has 3 fully saturated rings. The zero-order chi connectivity index (χ0) is 8.06. The molecule has 2 saturated heterocycles. The van der Waals surface area contributed by atoms with Crippen LogP contribution in [0.2, 0.25) is 0 Å². The topological polar surface area (TPSA) is 12.0 Å². The number of nitrogens with one attached hydrogen (secondary N) is 1. The van der Waals surface area contributed by atoms with Gasteiger partial charge in [-0.3, -0.25) is 0 Å². The molecule has 64 valence electrons. The average molecular weight is 165 g/mol. The summed E-state index contributed by atoms with van der Waals surface area (Å²) < 4.78 is 36.3. The minimum Gasteiger partial charge on any atom is -0.311 e. The van der Waals surface area contributed by atoms with Gasteiger partial charge in [-0.05, 0) is 19.3 Å². The highest BCUT2D eigenvalue weighted by Gasteiger charge is 2.49. The predicted octanol–water partition coefficient (Wildman–Crippen LogP) is 1.69. The maximum Gasteiger partial charge on any atom is 0.391 e. The highest BCUT2D eigenvalue weighted by atomic mass is 19.4. The number of fused-ring (bicyclic) bond motifs is 2. The number of alkyl halides is 3. The van der Waals surface area contributed by atoms with E-state index in [2.05, 4.69) is 5.32 Å². The van der Waals surface area contributed by atoms with Crippen molar-refractivity contribution in [3.63, 3.8) is 0 Å². The maximum atomic E-state index is 12.1. The van der Waals surface area contributed by atoms with Gasteiger partial charge in [-0.2, -0.15) is 13.2 Å². The zero-order valence-corrected chi connectivity index (χ0v) is 5.99. The van der Waals surface area contributed by atoms with Gasteiger partial charge in [-0.15, -0.1) is 0 Å². The Bertz CT molecular complexity index is 150. The van der Waals surface area contributed by atoms with Crippen LogP contribution in [0, 0.1) is 5.92 Å². The molecule has 4 heteroatoms. The first-order valence-corrected chi connectivity index (χ1v) is 3.88. The Morgan fingerprint density at radius 1 is 1.00 bits per heavy atom. The Hall–Kier alpha value is -0.250. The summed E-state index contributed by atoms with van der Waals surface area (Å²) in [5, 5.41) is 3.08. The van der Waals surface area contributed by atoms with E-state index in [1.807, 2.05) is 0 Å². The lowest BCUT2D eigenvalue weighted by molar-refractivity contribution is -0.193. The summed E-state index contributed by atoms with van der Waals surface area (Å²) in [6.45, 7) is 0. The van der Waals surface area contributed by atoms with Crippen LogP contribution in [0.4, 0.5) is 13.2 Å². The van der Waals surface area contributed by atoms with Crippen molar-refractivity contribution in [2.45, 2.75) is 37.5 Å². The van der Waals surface area contributed by atoms with Gasteiger partial charge >= 0.3 is 6.18 Å². The van der Waals surface area contributed by atoms with Gasteiger partial charge in [0.05, 0.1) is 5.92 Å². The van der Waals surface area contributed by atoms with Crippen molar-refractivity contribution in [1.82, 2.24) is 5.32 Å². The number of hydrogen-bond donors (Lipinski definition) is 1. The summed E-state index contributed by atoms with van der Waals surface area (Å²) >= 11 is 0. The van der Waals surface area contributed by atoms with Gasteiger partial charge in [0, 0.05) is 12.1 Å². The highest BCUT2D eigenvalue weighted by molar-refractivity contribution is 4.98. The molecule has 1 aliphatic carbocycles. The van der Waals surface area contributed by atoms with Crippen molar-refractivity contribution >= 4 is 0 Å². The minimum atomic E-state index is -3.96. The van der Waals surface area contributed by atoms with Gasteiger partial charge in [0.2, 0.25) is 0 Å². The third kappa shape index (κ3) is 1.24. The Morgan fingerprint density at radius 3 is 1.73 bits per heavy atom. The lowest BCUT2D eigenvalue weighted by Crippen LogP contribution is -2.59. The van der Waals surface area contributed by atoms with Gasteiger partial charge in [-0.1, -0.05) is 0 Å². The molecule has 2 heterocycles. The average Bonchev–Trinajstić information content (AvgIpc) is 1.84. The molecule has 3 aliphatic rings. The second-order valence-electron chi connectivity index (χ2n) is 3.51. The fourth-order valence-electron chi connectivity index (χ4n) is 2.03. The van der Waals surface area contributed by atoms with Crippen LogP contribution in [-0.2, 0) is 0 Å². The third-order valence-corrected chi connectivity index (χ3v) is 2.64. The molecule has 1 saturated carbocycles. The van der Waals surface area contributed by atoms with Crippen molar-refractivity contribution < 1.29 is 13.2 Å². The molecule has 2 bridgehead atoms. The summed E-state index contributed by atoms with van der Waals surface area (Å²) in [5.74, 6) is -1.03. The van der Waals surface area contributed by atoms with E-state index in [-0.39, 0.29) is 12.1 Å². The molecule has 2 atom stereocenters. The number of hydrogen-bond acceptors (Lipinski definition) is 1. The molecule has 0 aromatic carbocycles. The van der Waals surface area contributed by atoms with Crippen LogP contribution in [-0.4, -0.2) is 18.3 Å². The Balaban J connectivity index is 1.97.